The molecule has 0 radical (unpaired) electrons. The fraction of sp³-hybridized carbons (Fsp3) is 0.556. The number of hydrogen-bond acceptors (Lipinski definition) is 6. The van der Waals surface area contributed by atoms with E-state index in [1.54, 1.807) is 24.8 Å². The van der Waals surface area contributed by atoms with Gasteiger partial charge < -0.3 is 25.3 Å². The Bertz CT molecular complexity index is 707. The van der Waals surface area contributed by atoms with Crippen LogP contribution in [0.5, 0.6) is 0 Å². The number of carboxylic acid groups (broad SMARTS) is 3. The molecule has 0 aromatic carbocycles. The average molecular weight is 382 g/mol. The van der Waals surface area contributed by atoms with Gasteiger partial charge >= 0.3 is 11.9 Å². The first kappa shape index (κ1) is 22.4. The van der Waals surface area contributed by atoms with Crippen LogP contribution in [0.3, 0.4) is 0 Å². The van der Waals surface area contributed by atoms with E-state index in [0.717, 1.165) is 5.56 Å². The summed E-state index contributed by atoms with van der Waals surface area (Å²) in [4.78, 5) is 37.9. The Labute approximate surface area is 157 Å². The molecule has 9 heteroatoms. The lowest BCUT2D eigenvalue weighted by molar-refractivity contribution is -0.158. The second-order valence-electron chi connectivity index (χ2n) is 6.61. The quantitative estimate of drug-likeness (QED) is 0.556. The Hall–Kier alpha value is -2.68. The van der Waals surface area contributed by atoms with Crippen LogP contribution in [0.1, 0.15) is 47.8 Å². The van der Waals surface area contributed by atoms with Crippen LogP contribution in [0.15, 0.2) is 6.07 Å². The fourth-order valence-electron chi connectivity index (χ4n) is 3.36. The maximum Gasteiger partial charge on any atom is 0.339 e. The normalized spacial score (nSPS) is 21.8. The molecule has 9 nitrogen and oxygen atoms in total. The van der Waals surface area contributed by atoms with Gasteiger partial charge in [0.05, 0.1) is 6.10 Å². The van der Waals surface area contributed by atoms with E-state index in [4.69, 9.17) is 9.90 Å². The third kappa shape index (κ3) is 4.73. The fourth-order valence-corrected chi connectivity index (χ4v) is 3.36. The SMILES string of the molecule is CCC[C@]1(C(=O)O)CN(c2nc(C)c(C)cc2C(=O)O)CC[C@@H]1O.O=CO. The highest BCUT2D eigenvalue weighted by Crippen LogP contribution is 2.38. The highest BCUT2D eigenvalue weighted by molar-refractivity contribution is 5.94. The lowest BCUT2D eigenvalue weighted by Crippen LogP contribution is -2.56. The van der Waals surface area contributed by atoms with Crippen LogP contribution in [-0.4, -0.2) is 63.0 Å². The molecule has 0 saturated carbocycles. The summed E-state index contributed by atoms with van der Waals surface area (Å²) in [6.45, 7) is 5.62. The number of anilines is 1. The molecule has 150 valence electrons. The summed E-state index contributed by atoms with van der Waals surface area (Å²) in [5.74, 6) is -1.87. The molecule has 1 fully saturated rings. The number of aliphatic carboxylic acids is 1. The van der Waals surface area contributed by atoms with Crippen molar-refractivity contribution < 1.29 is 34.8 Å². The van der Waals surface area contributed by atoms with Gasteiger partial charge in [-0.2, -0.15) is 0 Å². The van der Waals surface area contributed by atoms with Crippen molar-refractivity contribution in [2.24, 2.45) is 5.41 Å². The van der Waals surface area contributed by atoms with Crippen LogP contribution in [0, 0.1) is 19.3 Å². The molecule has 0 bridgehead atoms. The number of aromatic nitrogens is 1. The minimum absolute atomic E-state index is 0.0487. The van der Waals surface area contributed by atoms with Crippen molar-refractivity contribution in [2.75, 3.05) is 18.0 Å². The summed E-state index contributed by atoms with van der Waals surface area (Å²) >= 11 is 0. The summed E-state index contributed by atoms with van der Waals surface area (Å²) in [6, 6.07) is 1.56. The minimum atomic E-state index is -1.30. The van der Waals surface area contributed by atoms with E-state index in [9.17, 15) is 24.9 Å². The lowest BCUT2D eigenvalue weighted by Gasteiger charge is -2.44. The van der Waals surface area contributed by atoms with E-state index in [1.165, 1.54) is 0 Å². The maximum absolute atomic E-state index is 11.9. The van der Waals surface area contributed by atoms with Crippen molar-refractivity contribution in [2.45, 2.75) is 46.1 Å². The highest BCUT2D eigenvalue weighted by atomic mass is 16.4. The molecule has 4 N–H and O–H groups in total. The van der Waals surface area contributed by atoms with Gasteiger partial charge in [-0.15, -0.1) is 0 Å². The van der Waals surface area contributed by atoms with Gasteiger partial charge in [0.25, 0.3) is 6.47 Å². The first-order chi connectivity index (χ1) is 12.6. The Kier molecular flexibility index (Phi) is 7.71. The molecule has 0 aliphatic carbocycles. The van der Waals surface area contributed by atoms with Crippen molar-refractivity contribution in [3.63, 3.8) is 0 Å². The second-order valence-corrected chi connectivity index (χ2v) is 6.61. The predicted molar refractivity (Wildman–Crippen MR) is 97.2 cm³/mol. The van der Waals surface area contributed by atoms with E-state index in [-0.39, 0.29) is 30.8 Å². The van der Waals surface area contributed by atoms with Gasteiger partial charge in [0.2, 0.25) is 0 Å². The summed E-state index contributed by atoms with van der Waals surface area (Å²) in [6.07, 6.45) is 0.252. The molecule has 0 spiro atoms. The summed E-state index contributed by atoms with van der Waals surface area (Å²) in [5, 5.41) is 36.4. The highest BCUT2D eigenvalue weighted by Gasteiger charge is 2.49. The maximum atomic E-state index is 11.9. The number of rotatable bonds is 5. The zero-order chi connectivity index (χ0) is 20.8. The van der Waals surface area contributed by atoms with E-state index < -0.39 is 23.5 Å². The van der Waals surface area contributed by atoms with Crippen LogP contribution >= 0.6 is 0 Å². The van der Waals surface area contributed by atoms with Crippen LogP contribution < -0.4 is 4.90 Å². The van der Waals surface area contributed by atoms with Gasteiger partial charge in [-0.1, -0.05) is 13.3 Å². The summed E-state index contributed by atoms with van der Waals surface area (Å²) in [5.41, 5.74) is 0.234. The van der Waals surface area contributed by atoms with Crippen molar-refractivity contribution >= 4 is 24.2 Å². The number of carboxylic acids is 2. The third-order valence-corrected chi connectivity index (χ3v) is 4.88. The number of aliphatic hydroxyl groups is 1. The van der Waals surface area contributed by atoms with Gasteiger partial charge in [-0.05, 0) is 38.3 Å². The largest absolute Gasteiger partial charge is 0.483 e. The van der Waals surface area contributed by atoms with Gasteiger partial charge in [0.1, 0.15) is 16.8 Å². The van der Waals surface area contributed by atoms with E-state index >= 15 is 0 Å². The Morgan fingerprint density at radius 3 is 2.44 bits per heavy atom. The Balaban J connectivity index is 0.00000114. The first-order valence-corrected chi connectivity index (χ1v) is 8.60. The molecule has 27 heavy (non-hydrogen) atoms. The molecule has 2 heterocycles. The molecule has 1 aliphatic heterocycles. The number of carbonyl (C=O) groups is 3. The molecule has 1 aliphatic rings. The number of aromatic carboxylic acids is 1. The zero-order valence-electron chi connectivity index (χ0n) is 15.7. The van der Waals surface area contributed by atoms with Gasteiger partial charge in [-0.3, -0.25) is 9.59 Å². The second kappa shape index (κ2) is 9.31. The number of nitrogens with zero attached hydrogens (tertiary/aromatic N) is 2. The Morgan fingerprint density at radius 2 is 1.96 bits per heavy atom. The van der Waals surface area contributed by atoms with Crippen molar-refractivity contribution in [3.8, 4) is 0 Å². The minimum Gasteiger partial charge on any atom is -0.483 e. The number of pyridine rings is 1. The molecule has 1 aromatic rings. The summed E-state index contributed by atoms with van der Waals surface area (Å²) in [7, 11) is 0. The molecule has 1 aromatic heterocycles. The Morgan fingerprint density at radius 1 is 1.37 bits per heavy atom. The molecular weight excluding hydrogens is 356 g/mol. The van der Waals surface area contributed by atoms with Crippen LogP contribution in [0.2, 0.25) is 0 Å². The zero-order valence-corrected chi connectivity index (χ0v) is 15.7. The molecule has 2 rings (SSSR count). The number of hydrogen-bond donors (Lipinski definition) is 4. The van der Waals surface area contributed by atoms with Gasteiger partial charge in [-0.25, -0.2) is 9.78 Å². The van der Waals surface area contributed by atoms with Crippen LogP contribution in [0.25, 0.3) is 0 Å². The van der Waals surface area contributed by atoms with Crippen molar-refractivity contribution in [1.82, 2.24) is 4.98 Å². The average Bonchev–Trinajstić information content (AvgIpc) is 2.59. The van der Waals surface area contributed by atoms with Crippen molar-refractivity contribution in [1.29, 1.82) is 0 Å². The predicted octanol–water partition coefficient (Wildman–Crippen LogP) is 1.54. The first-order valence-electron chi connectivity index (χ1n) is 8.60. The smallest absolute Gasteiger partial charge is 0.339 e. The number of aryl methyl sites for hydroxylation is 2. The third-order valence-electron chi connectivity index (χ3n) is 4.88. The molecule has 2 atom stereocenters. The monoisotopic (exact) mass is 382 g/mol. The van der Waals surface area contributed by atoms with E-state index in [0.29, 0.717) is 25.1 Å². The van der Waals surface area contributed by atoms with Crippen molar-refractivity contribution in [3.05, 3.63) is 22.9 Å². The lowest BCUT2D eigenvalue weighted by atomic mass is 9.74. The van der Waals surface area contributed by atoms with Gasteiger partial charge in [0, 0.05) is 18.8 Å². The van der Waals surface area contributed by atoms with Crippen LogP contribution in [0.4, 0.5) is 5.82 Å². The molecular formula is C18H26N2O7. The number of aliphatic hydroxyl groups excluding tert-OH is 1. The molecule has 0 unspecified atom stereocenters. The van der Waals surface area contributed by atoms with E-state index in [2.05, 4.69) is 4.98 Å². The summed E-state index contributed by atoms with van der Waals surface area (Å²) < 4.78 is 0. The molecule has 1 saturated heterocycles. The van der Waals surface area contributed by atoms with E-state index in [1.807, 2.05) is 6.92 Å². The number of piperidine rings is 1. The van der Waals surface area contributed by atoms with Gasteiger partial charge in [0.15, 0.2) is 0 Å². The standard InChI is InChI=1S/C17H24N2O5.CH2O2/c1-4-6-17(16(23)24)9-19(7-5-13(17)20)14-12(15(21)22)8-10(2)11(3)18-14;2-1-3/h8,13,20H,4-7,9H2,1-3H3,(H,21,22)(H,23,24);1H,(H,2,3)/t13-,17-;/m0./s1. The molecule has 0 amide bonds. The topological polar surface area (TPSA) is 148 Å². The van der Waals surface area contributed by atoms with Crippen LogP contribution in [-0.2, 0) is 9.59 Å².